The van der Waals surface area contributed by atoms with Crippen LogP contribution in [-0.2, 0) is 22.8 Å². The van der Waals surface area contributed by atoms with Crippen molar-refractivity contribution in [2.75, 3.05) is 0 Å². The predicted octanol–water partition coefficient (Wildman–Crippen LogP) is 0.990. The highest BCUT2D eigenvalue weighted by molar-refractivity contribution is 5.64. The molecule has 0 aliphatic rings. The summed E-state index contributed by atoms with van der Waals surface area (Å²) in [7, 11) is 0. The Morgan fingerprint density at radius 3 is 2.38 bits per heavy atom. The standard InChI is InChI=1S/C9H10N2O5/c10-9(12)15-5-7-3-1-2-4-8(7)6-16-11(13)14/h1-4H,5-6H2,(H2,10,12). The average molecular weight is 226 g/mol. The fourth-order valence-corrected chi connectivity index (χ4v) is 1.11. The van der Waals surface area contributed by atoms with Gasteiger partial charge in [-0.15, -0.1) is 10.1 Å². The molecule has 0 aliphatic heterocycles. The van der Waals surface area contributed by atoms with E-state index in [1.54, 1.807) is 24.3 Å². The second-order valence-corrected chi connectivity index (χ2v) is 2.87. The van der Waals surface area contributed by atoms with Crippen molar-refractivity contribution in [1.29, 1.82) is 0 Å². The lowest BCUT2D eigenvalue weighted by atomic mass is 10.1. The molecular formula is C9H10N2O5. The summed E-state index contributed by atoms with van der Waals surface area (Å²) in [5, 5.41) is 9.14. The van der Waals surface area contributed by atoms with Gasteiger partial charge in [-0.3, -0.25) is 0 Å². The monoisotopic (exact) mass is 226 g/mol. The molecule has 0 bridgehead atoms. The van der Waals surface area contributed by atoms with Crippen molar-refractivity contribution >= 4 is 6.09 Å². The summed E-state index contributed by atoms with van der Waals surface area (Å²) < 4.78 is 4.59. The number of hydrogen-bond acceptors (Lipinski definition) is 5. The number of carbonyl (C=O) groups excluding carboxylic acids is 1. The van der Waals surface area contributed by atoms with Gasteiger partial charge in [0.25, 0.3) is 5.09 Å². The van der Waals surface area contributed by atoms with Crippen molar-refractivity contribution in [3.8, 4) is 0 Å². The highest BCUT2D eigenvalue weighted by Crippen LogP contribution is 2.11. The number of benzene rings is 1. The van der Waals surface area contributed by atoms with Crippen LogP contribution >= 0.6 is 0 Å². The van der Waals surface area contributed by atoms with Gasteiger partial charge in [-0.05, 0) is 11.1 Å². The molecule has 86 valence electrons. The van der Waals surface area contributed by atoms with Crippen LogP contribution in [0.25, 0.3) is 0 Å². The van der Waals surface area contributed by atoms with E-state index >= 15 is 0 Å². The summed E-state index contributed by atoms with van der Waals surface area (Å²) in [5.74, 6) is 0. The molecular weight excluding hydrogens is 216 g/mol. The third kappa shape index (κ3) is 3.82. The van der Waals surface area contributed by atoms with Crippen molar-refractivity contribution < 1.29 is 19.5 Å². The SMILES string of the molecule is NC(=O)OCc1ccccc1CO[N+](=O)[O-]. The summed E-state index contributed by atoms with van der Waals surface area (Å²) >= 11 is 0. The second kappa shape index (κ2) is 5.54. The Balaban J connectivity index is 2.67. The smallest absolute Gasteiger partial charge is 0.404 e. The summed E-state index contributed by atoms with van der Waals surface area (Å²) in [6.07, 6.45) is -0.898. The van der Waals surface area contributed by atoms with Crippen molar-refractivity contribution in [2.45, 2.75) is 13.2 Å². The Morgan fingerprint density at radius 2 is 1.88 bits per heavy atom. The van der Waals surface area contributed by atoms with Crippen LogP contribution in [0, 0.1) is 10.1 Å². The Morgan fingerprint density at radius 1 is 1.31 bits per heavy atom. The van der Waals surface area contributed by atoms with Crippen LogP contribution in [0.5, 0.6) is 0 Å². The van der Waals surface area contributed by atoms with Crippen LogP contribution in [0.2, 0.25) is 0 Å². The Hall–Kier alpha value is -2.31. The van der Waals surface area contributed by atoms with Crippen LogP contribution in [0.15, 0.2) is 24.3 Å². The second-order valence-electron chi connectivity index (χ2n) is 2.87. The summed E-state index contributed by atoms with van der Waals surface area (Å²) in [6, 6.07) is 6.73. The number of hydrogen-bond donors (Lipinski definition) is 1. The number of ether oxygens (including phenoxy) is 1. The van der Waals surface area contributed by atoms with Crippen LogP contribution in [0.4, 0.5) is 4.79 Å². The van der Waals surface area contributed by atoms with Crippen LogP contribution in [0.3, 0.4) is 0 Å². The number of nitrogens with two attached hydrogens (primary N) is 1. The zero-order valence-electron chi connectivity index (χ0n) is 8.29. The van der Waals surface area contributed by atoms with E-state index < -0.39 is 11.2 Å². The predicted molar refractivity (Wildman–Crippen MR) is 52.6 cm³/mol. The molecule has 16 heavy (non-hydrogen) atoms. The van der Waals surface area contributed by atoms with Gasteiger partial charge in [-0.1, -0.05) is 24.3 Å². The molecule has 1 aromatic rings. The molecule has 0 unspecified atom stereocenters. The zero-order chi connectivity index (χ0) is 12.0. The van der Waals surface area contributed by atoms with Crippen LogP contribution in [-0.4, -0.2) is 11.2 Å². The van der Waals surface area contributed by atoms with E-state index in [0.717, 1.165) is 0 Å². The topological polar surface area (TPSA) is 105 Å². The first-order valence-electron chi connectivity index (χ1n) is 4.36. The quantitative estimate of drug-likeness (QED) is 0.595. The third-order valence-corrected chi connectivity index (χ3v) is 1.81. The molecule has 0 radical (unpaired) electrons. The highest BCUT2D eigenvalue weighted by atomic mass is 16.9. The lowest BCUT2D eigenvalue weighted by molar-refractivity contribution is -0.763. The van der Waals surface area contributed by atoms with E-state index in [1.807, 2.05) is 0 Å². The van der Waals surface area contributed by atoms with Crippen LogP contribution < -0.4 is 5.73 Å². The van der Waals surface area contributed by atoms with Gasteiger partial charge in [0.05, 0.1) is 0 Å². The van der Waals surface area contributed by atoms with E-state index in [0.29, 0.717) is 11.1 Å². The molecule has 0 heterocycles. The van der Waals surface area contributed by atoms with Gasteiger partial charge < -0.3 is 15.3 Å². The maximum Gasteiger partial charge on any atom is 0.404 e. The Kier molecular flexibility index (Phi) is 4.07. The maximum absolute atomic E-state index is 10.4. The Bertz CT molecular complexity index is 356. The summed E-state index contributed by atoms with van der Waals surface area (Å²) in [6.45, 7) is -0.224. The first-order chi connectivity index (χ1) is 7.59. The summed E-state index contributed by atoms with van der Waals surface area (Å²) in [5.41, 5.74) is 6.00. The summed E-state index contributed by atoms with van der Waals surface area (Å²) in [4.78, 5) is 24.7. The number of carbonyl (C=O) groups is 1. The van der Waals surface area contributed by atoms with E-state index in [4.69, 9.17) is 5.73 Å². The van der Waals surface area contributed by atoms with E-state index in [9.17, 15) is 14.9 Å². The number of nitrogens with zero attached hydrogens (tertiary/aromatic N) is 1. The van der Waals surface area contributed by atoms with E-state index in [1.165, 1.54) is 0 Å². The van der Waals surface area contributed by atoms with Gasteiger partial charge in [0.15, 0.2) is 0 Å². The average Bonchev–Trinajstić information content (AvgIpc) is 2.24. The van der Waals surface area contributed by atoms with Gasteiger partial charge in [0.2, 0.25) is 0 Å². The Labute approximate surface area is 90.9 Å². The first kappa shape index (κ1) is 11.8. The molecule has 1 aromatic carbocycles. The van der Waals surface area contributed by atoms with Crippen molar-refractivity contribution in [1.82, 2.24) is 0 Å². The number of amides is 1. The van der Waals surface area contributed by atoms with E-state index in [2.05, 4.69) is 9.57 Å². The lowest BCUT2D eigenvalue weighted by Crippen LogP contribution is -2.13. The van der Waals surface area contributed by atoms with Gasteiger partial charge in [0, 0.05) is 0 Å². The number of primary amides is 1. The minimum absolute atomic E-state index is 0.0351. The molecule has 1 amide bonds. The molecule has 0 atom stereocenters. The normalized spacial score (nSPS) is 9.50. The van der Waals surface area contributed by atoms with Gasteiger partial charge in [0.1, 0.15) is 13.2 Å². The molecule has 0 aliphatic carbocycles. The third-order valence-electron chi connectivity index (χ3n) is 1.81. The first-order valence-corrected chi connectivity index (χ1v) is 4.36. The molecule has 0 aromatic heterocycles. The lowest BCUT2D eigenvalue weighted by Gasteiger charge is -2.07. The maximum atomic E-state index is 10.4. The van der Waals surface area contributed by atoms with Crippen LogP contribution in [0.1, 0.15) is 11.1 Å². The van der Waals surface area contributed by atoms with Gasteiger partial charge in [-0.25, -0.2) is 4.79 Å². The highest BCUT2D eigenvalue weighted by Gasteiger charge is 2.05. The van der Waals surface area contributed by atoms with E-state index in [-0.39, 0.29) is 13.2 Å². The minimum atomic E-state index is -0.898. The molecule has 0 fully saturated rings. The molecule has 0 spiro atoms. The fraction of sp³-hybridized carbons (Fsp3) is 0.222. The molecule has 1 rings (SSSR count). The largest absolute Gasteiger partial charge is 0.445 e. The molecule has 2 N–H and O–H groups in total. The van der Waals surface area contributed by atoms with Gasteiger partial charge in [-0.2, -0.15) is 0 Å². The van der Waals surface area contributed by atoms with Crippen molar-refractivity contribution in [2.24, 2.45) is 5.73 Å². The number of rotatable bonds is 5. The molecule has 0 saturated carbocycles. The fourth-order valence-electron chi connectivity index (χ4n) is 1.11. The molecule has 0 saturated heterocycles. The molecule has 7 heteroatoms. The van der Waals surface area contributed by atoms with Crippen molar-refractivity contribution in [3.63, 3.8) is 0 Å². The minimum Gasteiger partial charge on any atom is -0.445 e. The van der Waals surface area contributed by atoms with Gasteiger partial charge >= 0.3 is 6.09 Å². The molecule has 7 nitrogen and oxygen atoms in total. The zero-order valence-corrected chi connectivity index (χ0v) is 8.29. The van der Waals surface area contributed by atoms with Crippen molar-refractivity contribution in [3.05, 3.63) is 45.5 Å².